The van der Waals surface area contributed by atoms with Crippen LogP contribution < -0.4 is 14.8 Å². The molecule has 0 radical (unpaired) electrons. The summed E-state index contributed by atoms with van der Waals surface area (Å²) in [6.07, 6.45) is -0.455. The maximum absolute atomic E-state index is 14.4. The number of anilines is 1. The van der Waals surface area contributed by atoms with Crippen LogP contribution in [0.25, 0.3) is 0 Å². The predicted octanol–water partition coefficient (Wildman–Crippen LogP) is 3.49. The van der Waals surface area contributed by atoms with E-state index in [1.165, 1.54) is 43.3 Å². The average molecular weight is 561 g/mol. The Morgan fingerprint density at radius 3 is 2.26 bits per heavy atom. The van der Waals surface area contributed by atoms with E-state index in [-0.39, 0.29) is 24.2 Å². The minimum atomic E-state index is -4.68. The molecule has 3 aromatic carbocycles. The van der Waals surface area contributed by atoms with E-state index in [4.69, 9.17) is 4.74 Å². The molecule has 0 unspecified atom stereocenters. The fourth-order valence-corrected chi connectivity index (χ4v) is 4.75. The van der Waals surface area contributed by atoms with Gasteiger partial charge in [0.05, 0.1) is 15.5 Å². The van der Waals surface area contributed by atoms with E-state index in [9.17, 15) is 42.6 Å². The third-order valence-corrected chi connectivity index (χ3v) is 6.80. The molecule has 2 N–H and O–H groups in total. The number of sulfonamides is 1. The highest BCUT2D eigenvalue weighted by atomic mass is 32.2. The third-order valence-electron chi connectivity index (χ3n) is 5.28. The largest absolute Gasteiger partial charge is 0.421 e. The normalized spacial score (nSPS) is 11.8. The second kappa shape index (κ2) is 12.2. The molecule has 0 fully saturated rings. The molecule has 3 aromatic rings. The third kappa shape index (κ3) is 7.18. The minimum absolute atomic E-state index is 0.0971. The highest BCUT2D eigenvalue weighted by Gasteiger charge is 2.31. The molecule has 0 bridgehead atoms. The standard InChI is InChI=1S/C24H21FN4O9S/c1-2-22(30)38-23-17(25)6-5-7-18(23)26-24(31)19(14-15-10-12-16(13-11-15)28(32)33)27-39(36,37)21-9-4-3-8-20(21)29(34)35/h3-13,19,27H,2,14H2,1H3,(H,26,31)/t19-/m0/s1. The minimum Gasteiger partial charge on any atom is -0.421 e. The predicted molar refractivity (Wildman–Crippen MR) is 135 cm³/mol. The second-order valence-corrected chi connectivity index (χ2v) is 9.64. The number of non-ortho nitro benzene ring substituents is 1. The Kier molecular flexibility index (Phi) is 9.00. The highest BCUT2D eigenvalue weighted by Crippen LogP contribution is 2.29. The van der Waals surface area contributed by atoms with Crippen LogP contribution in [0, 0.1) is 26.0 Å². The highest BCUT2D eigenvalue weighted by molar-refractivity contribution is 7.89. The molecule has 13 nitrogen and oxygen atoms in total. The van der Waals surface area contributed by atoms with Crippen molar-refractivity contribution in [2.24, 2.45) is 0 Å². The van der Waals surface area contributed by atoms with E-state index in [1.807, 2.05) is 0 Å². The Hall–Kier alpha value is -4.76. The molecule has 1 atom stereocenters. The van der Waals surface area contributed by atoms with E-state index >= 15 is 0 Å². The van der Waals surface area contributed by atoms with Crippen molar-refractivity contribution in [3.8, 4) is 5.75 Å². The quantitative estimate of drug-likeness (QED) is 0.153. The number of nitro benzene ring substituents is 2. The zero-order valence-corrected chi connectivity index (χ0v) is 21.0. The summed E-state index contributed by atoms with van der Waals surface area (Å²) in [5, 5.41) is 24.7. The second-order valence-electron chi connectivity index (χ2n) is 7.96. The number of benzene rings is 3. The number of nitro groups is 2. The van der Waals surface area contributed by atoms with Gasteiger partial charge in [-0.25, -0.2) is 12.8 Å². The summed E-state index contributed by atoms with van der Waals surface area (Å²) >= 11 is 0. The SMILES string of the molecule is CCC(=O)Oc1c(F)cccc1NC(=O)[C@H](Cc1ccc([N+](=O)[O-])cc1)NS(=O)(=O)c1ccccc1[N+](=O)[O-]. The van der Waals surface area contributed by atoms with Gasteiger partial charge in [0.25, 0.3) is 11.4 Å². The molecule has 0 saturated carbocycles. The molecule has 0 saturated heterocycles. The zero-order chi connectivity index (χ0) is 28.7. The van der Waals surface area contributed by atoms with Crippen molar-refractivity contribution in [2.75, 3.05) is 5.32 Å². The van der Waals surface area contributed by atoms with E-state index in [2.05, 4.69) is 10.0 Å². The molecule has 0 aliphatic rings. The number of halogens is 1. The number of hydrogen-bond acceptors (Lipinski definition) is 9. The van der Waals surface area contributed by atoms with Crippen molar-refractivity contribution in [1.82, 2.24) is 4.72 Å². The smallest absolute Gasteiger partial charge is 0.311 e. The number of para-hydroxylation sites is 2. The maximum atomic E-state index is 14.4. The Balaban J connectivity index is 1.99. The summed E-state index contributed by atoms with van der Waals surface area (Å²) in [4.78, 5) is 45.2. The first-order valence-electron chi connectivity index (χ1n) is 11.2. The van der Waals surface area contributed by atoms with Gasteiger partial charge < -0.3 is 10.1 Å². The lowest BCUT2D eigenvalue weighted by molar-refractivity contribution is -0.387. The molecule has 15 heteroatoms. The van der Waals surface area contributed by atoms with Gasteiger partial charge in [-0.3, -0.25) is 29.8 Å². The van der Waals surface area contributed by atoms with E-state index < -0.39 is 59.9 Å². The van der Waals surface area contributed by atoms with Crippen LogP contribution in [0.4, 0.5) is 21.5 Å². The number of carbonyl (C=O) groups is 2. The molecular weight excluding hydrogens is 539 g/mol. The van der Waals surface area contributed by atoms with Crippen molar-refractivity contribution in [2.45, 2.75) is 30.7 Å². The van der Waals surface area contributed by atoms with Gasteiger partial charge in [-0.15, -0.1) is 0 Å². The number of rotatable bonds is 11. The Labute approximate surface area is 221 Å². The summed E-state index contributed by atoms with van der Waals surface area (Å²) in [7, 11) is -4.68. The summed E-state index contributed by atoms with van der Waals surface area (Å²) < 4.78 is 47.8. The van der Waals surface area contributed by atoms with E-state index in [0.29, 0.717) is 5.56 Å². The number of hydrogen-bond donors (Lipinski definition) is 2. The van der Waals surface area contributed by atoms with Crippen LogP contribution in [0.1, 0.15) is 18.9 Å². The van der Waals surface area contributed by atoms with E-state index in [0.717, 1.165) is 30.3 Å². The Morgan fingerprint density at radius 2 is 1.64 bits per heavy atom. The number of esters is 1. The molecule has 3 rings (SSSR count). The number of nitrogens with one attached hydrogen (secondary N) is 2. The molecule has 204 valence electrons. The Bertz CT molecular complexity index is 1530. The van der Waals surface area contributed by atoms with Crippen LogP contribution in [-0.4, -0.2) is 36.2 Å². The van der Waals surface area contributed by atoms with Gasteiger partial charge >= 0.3 is 5.97 Å². The summed E-state index contributed by atoms with van der Waals surface area (Å²) in [5.41, 5.74) is -0.968. The lowest BCUT2D eigenvalue weighted by Crippen LogP contribution is -2.45. The van der Waals surface area contributed by atoms with Gasteiger partial charge in [0.15, 0.2) is 16.5 Å². The topological polar surface area (TPSA) is 188 Å². The van der Waals surface area contributed by atoms with Crippen molar-refractivity contribution in [3.05, 3.63) is 98.3 Å². The summed E-state index contributed by atoms with van der Waals surface area (Å²) in [6, 6.07) is 11.2. The van der Waals surface area contributed by atoms with Crippen molar-refractivity contribution in [1.29, 1.82) is 0 Å². The molecule has 0 spiro atoms. The van der Waals surface area contributed by atoms with Crippen molar-refractivity contribution in [3.63, 3.8) is 0 Å². The molecular formula is C24H21FN4O9S. The molecule has 0 aliphatic heterocycles. The van der Waals surface area contributed by atoms with Crippen molar-refractivity contribution < 1.29 is 37.0 Å². The lowest BCUT2D eigenvalue weighted by Gasteiger charge is -2.20. The maximum Gasteiger partial charge on any atom is 0.311 e. The molecule has 1 amide bonds. The Morgan fingerprint density at radius 1 is 0.974 bits per heavy atom. The number of carbonyl (C=O) groups excluding carboxylic acids is 2. The molecule has 39 heavy (non-hydrogen) atoms. The van der Waals surface area contributed by atoms with Gasteiger partial charge in [0.2, 0.25) is 15.9 Å². The molecule has 0 aliphatic carbocycles. The van der Waals surface area contributed by atoms with Gasteiger partial charge in [0.1, 0.15) is 6.04 Å². The fraction of sp³-hybridized carbons (Fsp3) is 0.167. The van der Waals surface area contributed by atoms with Crippen molar-refractivity contribution >= 4 is 39.0 Å². The zero-order valence-electron chi connectivity index (χ0n) is 20.2. The number of amides is 1. The van der Waals surface area contributed by atoms with Crippen LogP contribution in [-0.2, 0) is 26.0 Å². The van der Waals surface area contributed by atoms with Crippen LogP contribution >= 0.6 is 0 Å². The number of ether oxygens (including phenoxy) is 1. The average Bonchev–Trinajstić information content (AvgIpc) is 2.90. The first-order chi connectivity index (χ1) is 18.4. The lowest BCUT2D eigenvalue weighted by atomic mass is 10.1. The monoisotopic (exact) mass is 560 g/mol. The van der Waals surface area contributed by atoms with E-state index in [1.54, 1.807) is 0 Å². The first-order valence-corrected chi connectivity index (χ1v) is 12.7. The summed E-state index contributed by atoms with van der Waals surface area (Å²) in [6.45, 7) is 1.47. The molecule has 0 aromatic heterocycles. The van der Waals surface area contributed by atoms with Crippen LogP contribution in [0.5, 0.6) is 5.75 Å². The van der Waals surface area contributed by atoms with Gasteiger partial charge in [-0.1, -0.05) is 37.3 Å². The first kappa shape index (κ1) is 28.8. The van der Waals surface area contributed by atoms with Crippen LogP contribution in [0.15, 0.2) is 71.6 Å². The van der Waals surface area contributed by atoms with Crippen LogP contribution in [0.3, 0.4) is 0 Å². The van der Waals surface area contributed by atoms with Gasteiger partial charge in [-0.2, -0.15) is 4.72 Å². The van der Waals surface area contributed by atoms with Gasteiger partial charge in [-0.05, 0) is 30.2 Å². The number of nitrogens with zero attached hydrogens (tertiary/aromatic N) is 2. The van der Waals surface area contributed by atoms with Crippen LogP contribution in [0.2, 0.25) is 0 Å². The summed E-state index contributed by atoms with van der Waals surface area (Å²) in [5.74, 6) is -3.39. The van der Waals surface area contributed by atoms with Gasteiger partial charge in [0, 0.05) is 24.6 Å². The fourth-order valence-electron chi connectivity index (χ4n) is 3.38. The molecule has 0 heterocycles.